The number of methoxy groups -OCH3 is 1. The Balaban J connectivity index is 1.82. The van der Waals surface area contributed by atoms with Crippen LogP contribution in [0.2, 0.25) is 0 Å². The summed E-state index contributed by atoms with van der Waals surface area (Å²) >= 11 is 0. The van der Waals surface area contributed by atoms with Gasteiger partial charge >= 0.3 is 0 Å². The first-order valence-electron chi connectivity index (χ1n) is 19.6. The Morgan fingerprint density at radius 3 is 2.61 bits per heavy atom. The van der Waals surface area contributed by atoms with Gasteiger partial charge in [-0.15, -0.1) is 0 Å². The number of benzene rings is 1. The first-order chi connectivity index (χ1) is 25.7. The number of aryl methyl sites for hydroxylation is 1. The first-order valence-corrected chi connectivity index (χ1v) is 19.6. The van der Waals surface area contributed by atoms with Gasteiger partial charge in [0.15, 0.2) is 0 Å². The molecular formula is C45H67N7O2. The molecule has 3 atom stereocenters. The third kappa shape index (κ3) is 9.92. The van der Waals surface area contributed by atoms with Crippen molar-refractivity contribution in [3.63, 3.8) is 0 Å². The molecule has 1 saturated heterocycles. The molecule has 1 aliphatic rings. The second-order valence-corrected chi connectivity index (χ2v) is 15.9. The van der Waals surface area contributed by atoms with Crippen molar-refractivity contribution in [3.8, 4) is 11.3 Å². The summed E-state index contributed by atoms with van der Waals surface area (Å²) in [5.41, 5.74) is 16.2. The molecule has 9 heteroatoms. The summed E-state index contributed by atoms with van der Waals surface area (Å²) in [6.07, 6.45) is 11.8. The monoisotopic (exact) mass is 738 g/mol. The molecule has 0 saturated carbocycles. The molecule has 9 nitrogen and oxygen atoms in total. The number of nitrogens with one attached hydrogen (secondary N) is 3. The van der Waals surface area contributed by atoms with Crippen LogP contribution in [0.25, 0.3) is 27.9 Å². The van der Waals surface area contributed by atoms with Crippen LogP contribution in [0.5, 0.6) is 0 Å². The number of hydrazine groups is 1. The summed E-state index contributed by atoms with van der Waals surface area (Å²) in [5, 5.41) is 5.06. The van der Waals surface area contributed by atoms with Crippen molar-refractivity contribution in [2.24, 2.45) is 16.3 Å². The van der Waals surface area contributed by atoms with Crippen LogP contribution in [0.1, 0.15) is 104 Å². The maximum atomic E-state index is 5.82. The van der Waals surface area contributed by atoms with Gasteiger partial charge in [0.05, 0.1) is 42.1 Å². The Kier molecular flexibility index (Phi) is 14.9. The number of rotatable bonds is 19. The fourth-order valence-corrected chi connectivity index (χ4v) is 8.06. The van der Waals surface area contributed by atoms with E-state index in [4.69, 9.17) is 19.5 Å². The van der Waals surface area contributed by atoms with E-state index in [0.717, 1.165) is 72.7 Å². The van der Waals surface area contributed by atoms with Gasteiger partial charge in [0.25, 0.3) is 0 Å². The largest absolute Gasteiger partial charge is 0.501 e. The highest BCUT2D eigenvalue weighted by Gasteiger charge is 2.35. The van der Waals surface area contributed by atoms with Crippen molar-refractivity contribution in [1.82, 2.24) is 30.6 Å². The summed E-state index contributed by atoms with van der Waals surface area (Å²) in [6, 6.07) is 11.1. The molecule has 1 aromatic carbocycles. The van der Waals surface area contributed by atoms with E-state index in [1.54, 1.807) is 7.11 Å². The van der Waals surface area contributed by atoms with Crippen molar-refractivity contribution in [3.05, 3.63) is 97.3 Å². The van der Waals surface area contributed by atoms with E-state index in [2.05, 4.69) is 138 Å². The van der Waals surface area contributed by atoms with E-state index in [0.29, 0.717) is 18.9 Å². The highest BCUT2D eigenvalue weighted by Crippen LogP contribution is 2.41. The zero-order chi connectivity index (χ0) is 39.6. The van der Waals surface area contributed by atoms with Gasteiger partial charge in [-0.05, 0) is 95.3 Å². The van der Waals surface area contributed by atoms with Gasteiger partial charge in [-0.1, -0.05) is 59.6 Å². The van der Waals surface area contributed by atoms with Gasteiger partial charge in [0, 0.05) is 78.7 Å². The number of likely N-dealkylation sites (N-methyl/N-ethyl adjacent to an activating group) is 1. The third-order valence-electron chi connectivity index (χ3n) is 10.6. The number of ether oxygens (including phenoxy) is 2. The normalized spacial score (nSPS) is 18.3. The zero-order valence-electron chi connectivity index (χ0n) is 34.8. The second kappa shape index (κ2) is 18.9. The van der Waals surface area contributed by atoms with Gasteiger partial charge in [0.1, 0.15) is 5.66 Å². The molecule has 0 aliphatic carbocycles. The average molecular weight is 738 g/mol. The lowest BCUT2D eigenvalue weighted by atomic mass is 9.84. The maximum absolute atomic E-state index is 5.82. The molecule has 0 spiro atoms. The number of pyridine rings is 1. The number of hydrogen-bond acceptors (Lipinski definition) is 8. The second-order valence-electron chi connectivity index (χ2n) is 15.9. The average Bonchev–Trinajstić information content (AvgIpc) is 3.26. The molecule has 3 N–H and O–H groups in total. The van der Waals surface area contributed by atoms with E-state index >= 15 is 0 Å². The third-order valence-corrected chi connectivity index (χ3v) is 10.6. The first kappa shape index (κ1) is 42.6. The van der Waals surface area contributed by atoms with Crippen LogP contribution < -0.4 is 16.2 Å². The highest BCUT2D eigenvalue weighted by atomic mass is 16.5. The van der Waals surface area contributed by atoms with Gasteiger partial charge in [-0.25, -0.2) is 5.43 Å². The molecule has 2 aromatic heterocycles. The number of fused-ring (bicyclic) bond motifs is 1. The maximum Gasteiger partial charge on any atom is 0.106 e. The van der Waals surface area contributed by atoms with E-state index in [9.17, 15) is 0 Å². The van der Waals surface area contributed by atoms with Gasteiger partial charge in [-0.3, -0.25) is 15.4 Å². The van der Waals surface area contributed by atoms with Crippen LogP contribution in [-0.4, -0.2) is 59.2 Å². The quantitative estimate of drug-likeness (QED) is 0.0835. The molecule has 0 bridgehead atoms. The molecule has 3 unspecified atom stereocenters. The number of aliphatic imine (C=N–C) groups is 1. The zero-order valence-corrected chi connectivity index (χ0v) is 34.8. The smallest absolute Gasteiger partial charge is 0.106 e. The Labute approximate surface area is 325 Å². The van der Waals surface area contributed by atoms with Gasteiger partial charge in [-0.2, -0.15) is 0 Å². The SMILES string of the molecule is C=COCC(C)(C)Cc1c(-c2cccnc2C(C)OC)n(CC)c2ccc(/C(=C/C)N=C(C)CC3(NC(=C)C(C(C)C)N(C)C=C)CCCCNN3)cc12. The standard InChI is InChI=1S/C45H67N7O2/c1-14-39(48-32(7)28-45(24-18-19-26-47-50-45)49-33(8)42(31(5)6)51(12)15-2)35-22-23-40-37(27-35)38(29-44(10,11)30-54-17-4)43(52(40)16-3)36-21-20-25-46-41(36)34(9)53-13/h14-15,17,20-23,25,27,31,34,42,47,49-50H,2,4,8,16,18-19,24,26,28-30H2,1,3,5-7,9-13H3/b39-14-,48-32?. The van der Waals surface area contributed by atoms with E-state index in [-0.39, 0.29) is 17.6 Å². The molecule has 0 amide bonds. The predicted octanol–water partition coefficient (Wildman–Crippen LogP) is 9.55. The summed E-state index contributed by atoms with van der Waals surface area (Å²) in [6.45, 7) is 32.1. The summed E-state index contributed by atoms with van der Waals surface area (Å²) in [7, 11) is 3.80. The van der Waals surface area contributed by atoms with Crippen LogP contribution in [0, 0.1) is 11.3 Å². The van der Waals surface area contributed by atoms with Crippen LogP contribution in [-0.2, 0) is 22.4 Å². The summed E-state index contributed by atoms with van der Waals surface area (Å²) in [5.74, 6) is 0.351. The minimum atomic E-state index is -0.445. The summed E-state index contributed by atoms with van der Waals surface area (Å²) in [4.78, 5) is 12.3. The lowest BCUT2D eigenvalue weighted by Crippen LogP contribution is -2.62. The Morgan fingerprint density at radius 1 is 1.20 bits per heavy atom. The van der Waals surface area contributed by atoms with E-state index < -0.39 is 5.66 Å². The number of nitrogens with zero attached hydrogens (tertiary/aromatic N) is 4. The van der Waals surface area contributed by atoms with Crippen molar-refractivity contribution in [2.75, 3.05) is 27.3 Å². The molecule has 294 valence electrons. The highest BCUT2D eigenvalue weighted by molar-refractivity contribution is 5.96. The molecule has 1 aliphatic heterocycles. The van der Waals surface area contributed by atoms with Crippen LogP contribution >= 0.6 is 0 Å². The topological polar surface area (TPSA) is 88.0 Å². The van der Waals surface area contributed by atoms with Crippen molar-refractivity contribution in [1.29, 1.82) is 0 Å². The fraction of sp³-hybridized carbons (Fsp3) is 0.511. The number of hydrogen-bond donors (Lipinski definition) is 3. The molecule has 3 heterocycles. The fourth-order valence-electron chi connectivity index (χ4n) is 8.06. The van der Waals surface area contributed by atoms with Gasteiger partial charge < -0.3 is 24.3 Å². The molecule has 4 rings (SSSR count). The minimum Gasteiger partial charge on any atom is -0.501 e. The molecule has 3 aromatic rings. The Hall–Kier alpha value is -4.18. The van der Waals surface area contributed by atoms with Gasteiger partial charge in [0.2, 0.25) is 0 Å². The van der Waals surface area contributed by atoms with E-state index in [1.807, 2.05) is 18.5 Å². The molecule has 0 radical (unpaired) electrons. The van der Waals surface area contributed by atoms with Crippen LogP contribution in [0.4, 0.5) is 0 Å². The predicted molar refractivity (Wildman–Crippen MR) is 228 cm³/mol. The Bertz CT molecular complexity index is 1810. The van der Waals surface area contributed by atoms with Crippen molar-refractivity contribution in [2.45, 2.75) is 112 Å². The lowest BCUT2D eigenvalue weighted by molar-refractivity contribution is 0.116. The minimum absolute atomic E-state index is 0.0998. The molecular weight excluding hydrogens is 671 g/mol. The summed E-state index contributed by atoms with van der Waals surface area (Å²) < 4.78 is 14.0. The van der Waals surface area contributed by atoms with Crippen molar-refractivity contribution < 1.29 is 9.47 Å². The Morgan fingerprint density at radius 2 is 1.96 bits per heavy atom. The van der Waals surface area contributed by atoms with Crippen LogP contribution in [0.3, 0.4) is 0 Å². The van der Waals surface area contributed by atoms with E-state index in [1.165, 1.54) is 28.4 Å². The lowest BCUT2D eigenvalue weighted by Gasteiger charge is -2.41. The number of allylic oxidation sites excluding steroid dienone is 1. The van der Waals surface area contributed by atoms with Crippen molar-refractivity contribution >= 4 is 22.3 Å². The van der Waals surface area contributed by atoms with Crippen LogP contribution in [0.15, 0.2) is 85.5 Å². The number of aromatic nitrogens is 2. The molecule has 54 heavy (non-hydrogen) atoms. The molecule has 1 fully saturated rings.